The van der Waals surface area contributed by atoms with E-state index >= 15 is 0 Å². The highest BCUT2D eigenvalue weighted by molar-refractivity contribution is 6.31. The van der Waals surface area contributed by atoms with E-state index in [2.05, 4.69) is 33.5 Å². The van der Waals surface area contributed by atoms with E-state index in [9.17, 15) is 22.4 Å². The molecule has 0 spiro atoms. The summed E-state index contributed by atoms with van der Waals surface area (Å²) in [7, 11) is 3.57. The standard InChI is InChI=1S/C21H21ClF4N6O2.C5H11N.C2H3N/c1-12(23)19(33)31-7-5-30(6-8-31)18-13-3-4-32(11-15(13)28-20(29-18)34-2)16-10-27-9-14(22)17(16)21(24,25)26;1-6-4-2-3-5-6;1-2-3/h9-10H,1,3-8,11H2,2H3;2-5H2,1H3;1H3. The number of nitrogens with zero attached hydrogens (tertiary/aromatic N) is 8. The smallest absolute Gasteiger partial charge is 0.419 e. The monoisotopic (exact) mass is 626 g/mol. The van der Waals surface area contributed by atoms with E-state index in [4.69, 9.17) is 21.6 Å². The highest BCUT2D eigenvalue weighted by Crippen LogP contribution is 2.42. The Bertz CT molecular complexity index is 1320. The third-order valence-corrected chi connectivity index (χ3v) is 7.42. The minimum Gasteiger partial charge on any atom is -0.467 e. The average molecular weight is 627 g/mol. The summed E-state index contributed by atoms with van der Waals surface area (Å²) in [6.45, 7) is 8.80. The highest BCUT2D eigenvalue weighted by atomic mass is 35.5. The quantitative estimate of drug-likeness (QED) is 0.359. The van der Waals surface area contributed by atoms with Crippen LogP contribution in [0, 0.1) is 11.3 Å². The van der Waals surface area contributed by atoms with Crippen molar-refractivity contribution < 1.29 is 27.1 Å². The van der Waals surface area contributed by atoms with Crippen molar-refractivity contribution in [3.05, 3.63) is 46.6 Å². The summed E-state index contributed by atoms with van der Waals surface area (Å²) in [5.41, 5.74) is 0.250. The first-order valence-corrected chi connectivity index (χ1v) is 14.1. The summed E-state index contributed by atoms with van der Waals surface area (Å²) < 4.78 is 59.5. The van der Waals surface area contributed by atoms with Gasteiger partial charge in [0.05, 0.1) is 42.3 Å². The molecule has 2 saturated heterocycles. The number of nitriles is 1. The lowest BCUT2D eigenvalue weighted by atomic mass is 10.0. The van der Waals surface area contributed by atoms with Gasteiger partial charge in [0.25, 0.3) is 5.91 Å². The van der Waals surface area contributed by atoms with Crippen molar-refractivity contribution in [2.75, 3.05) is 69.8 Å². The van der Waals surface area contributed by atoms with Crippen LogP contribution in [-0.2, 0) is 23.9 Å². The molecule has 3 aliphatic rings. The number of likely N-dealkylation sites (tertiary alicyclic amines) is 1. The minimum absolute atomic E-state index is 0.0755. The van der Waals surface area contributed by atoms with E-state index in [1.54, 1.807) is 6.07 Å². The number of piperazine rings is 1. The van der Waals surface area contributed by atoms with E-state index in [1.807, 2.05) is 4.90 Å². The summed E-state index contributed by atoms with van der Waals surface area (Å²) in [4.78, 5) is 31.7. The lowest BCUT2D eigenvalue weighted by molar-refractivity contribution is -0.137. The summed E-state index contributed by atoms with van der Waals surface area (Å²) in [5.74, 6) is -1.16. The molecule has 0 unspecified atom stereocenters. The number of hydrogen-bond donors (Lipinski definition) is 0. The number of rotatable bonds is 4. The van der Waals surface area contributed by atoms with Gasteiger partial charge < -0.3 is 24.3 Å². The predicted octanol–water partition coefficient (Wildman–Crippen LogP) is 4.49. The van der Waals surface area contributed by atoms with E-state index < -0.39 is 28.5 Å². The third kappa shape index (κ3) is 8.67. The van der Waals surface area contributed by atoms with Gasteiger partial charge in [0.2, 0.25) is 0 Å². The summed E-state index contributed by atoms with van der Waals surface area (Å²) in [6, 6.07) is 1.83. The number of amides is 1. The van der Waals surface area contributed by atoms with Crippen molar-refractivity contribution >= 4 is 29.0 Å². The van der Waals surface area contributed by atoms with Gasteiger partial charge in [0, 0.05) is 51.4 Å². The van der Waals surface area contributed by atoms with Gasteiger partial charge in [-0.1, -0.05) is 18.2 Å². The molecule has 0 N–H and O–H groups in total. The number of methoxy groups -OCH3 is 1. The van der Waals surface area contributed by atoms with Crippen molar-refractivity contribution in [2.24, 2.45) is 0 Å². The van der Waals surface area contributed by atoms with E-state index in [0.29, 0.717) is 31.0 Å². The molecule has 15 heteroatoms. The van der Waals surface area contributed by atoms with Crippen molar-refractivity contribution in [3.63, 3.8) is 0 Å². The van der Waals surface area contributed by atoms with Gasteiger partial charge in [-0.3, -0.25) is 9.78 Å². The SMILES string of the molecule is C=C(F)C(=O)N1CCN(c2nc(OC)nc3c2CCN(c2cncc(Cl)c2C(F)(F)F)C3)CC1.CC#N.CN1CCCC1. The third-order valence-electron chi connectivity index (χ3n) is 7.14. The van der Waals surface area contributed by atoms with Crippen LogP contribution >= 0.6 is 11.6 Å². The van der Waals surface area contributed by atoms with Crippen LogP contribution < -0.4 is 14.5 Å². The number of alkyl halides is 3. The van der Waals surface area contributed by atoms with Crippen molar-refractivity contribution in [2.45, 2.75) is 38.9 Å². The molecule has 234 valence electrons. The maximum absolute atomic E-state index is 13.7. The number of ether oxygens (including phenoxy) is 1. The average Bonchev–Trinajstić information content (AvgIpc) is 3.46. The number of carbonyl (C=O) groups excluding carboxylic acids is 1. The fraction of sp³-hybridized carbons (Fsp3) is 0.536. The van der Waals surface area contributed by atoms with Gasteiger partial charge in [-0.05, 0) is 39.4 Å². The zero-order valence-corrected chi connectivity index (χ0v) is 25.2. The largest absolute Gasteiger partial charge is 0.467 e. The molecular weight excluding hydrogens is 592 g/mol. The molecule has 0 radical (unpaired) electrons. The van der Waals surface area contributed by atoms with Crippen LogP contribution in [0.2, 0.25) is 5.02 Å². The Morgan fingerprint density at radius 3 is 2.21 bits per heavy atom. The molecule has 5 rings (SSSR count). The van der Waals surface area contributed by atoms with Gasteiger partial charge >= 0.3 is 12.2 Å². The predicted molar refractivity (Wildman–Crippen MR) is 155 cm³/mol. The molecule has 0 atom stereocenters. The van der Waals surface area contributed by atoms with Crippen molar-refractivity contribution in [1.82, 2.24) is 24.8 Å². The van der Waals surface area contributed by atoms with Crippen LogP contribution in [0.4, 0.5) is 29.1 Å². The Labute approximate surface area is 253 Å². The summed E-state index contributed by atoms with van der Waals surface area (Å²) in [6.07, 6.45) is 0.670. The maximum atomic E-state index is 13.7. The Balaban J connectivity index is 0.000000486. The zero-order chi connectivity index (χ0) is 31.7. The van der Waals surface area contributed by atoms with Gasteiger partial charge in [0.1, 0.15) is 11.4 Å². The Hall–Kier alpha value is -3.70. The van der Waals surface area contributed by atoms with Crippen molar-refractivity contribution in [3.8, 4) is 12.1 Å². The Kier molecular flexibility index (Phi) is 11.9. The first kappa shape index (κ1) is 33.8. The number of pyridine rings is 1. The van der Waals surface area contributed by atoms with E-state index in [0.717, 1.165) is 18.0 Å². The highest BCUT2D eigenvalue weighted by Gasteiger charge is 2.39. The van der Waals surface area contributed by atoms with Crippen LogP contribution in [0.15, 0.2) is 24.8 Å². The van der Waals surface area contributed by atoms with Gasteiger partial charge in [-0.25, -0.2) is 4.39 Å². The van der Waals surface area contributed by atoms with Gasteiger partial charge in [-0.2, -0.15) is 28.4 Å². The number of carbonyl (C=O) groups is 1. The molecule has 2 aromatic heterocycles. The van der Waals surface area contributed by atoms with Crippen LogP contribution in [-0.4, -0.2) is 90.6 Å². The molecule has 10 nitrogen and oxygen atoms in total. The fourth-order valence-corrected chi connectivity index (χ4v) is 5.32. The minimum atomic E-state index is -4.65. The van der Waals surface area contributed by atoms with Crippen LogP contribution in [0.1, 0.15) is 36.6 Å². The lowest BCUT2D eigenvalue weighted by Crippen LogP contribution is -2.49. The summed E-state index contributed by atoms with van der Waals surface area (Å²) in [5, 5.41) is 6.85. The molecule has 2 aromatic rings. The van der Waals surface area contributed by atoms with Crippen molar-refractivity contribution in [1.29, 1.82) is 5.26 Å². The van der Waals surface area contributed by atoms with E-state index in [1.165, 1.54) is 49.8 Å². The number of anilines is 2. The molecule has 43 heavy (non-hydrogen) atoms. The molecule has 1 amide bonds. The topological polar surface area (TPSA) is 102 Å². The van der Waals surface area contributed by atoms with Crippen LogP contribution in [0.5, 0.6) is 6.01 Å². The van der Waals surface area contributed by atoms with Crippen LogP contribution in [0.3, 0.4) is 0 Å². The molecule has 0 aliphatic carbocycles. The first-order chi connectivity index (χ1) is 20.4. The first-order valence-electron chi connectivity index (χ1n) is 13.7. The molecule has 0 saturated carbocycles. The molecule has 3 aliphatic heterocycles. The van der Waals surface area contributed by atoms with Crippen LogP contribution in [0.25, 0.3) is 0 Å². The second-order valence-corrected chi connectivity index (χ2v) is 10.5. The Morgan fingerprint density at radius 1 is 1.07 bits per heavy atom. The molecular formula is C28H35ClF4N8O2. The lowest BCUT2D eigenvalue weighted by Gasteiger charge is -2.38. The normalized spacial score (nSPS) is 16.7. The second-order valence-electron chi connectivity index (χ2n) is 10.1. The zero-order valence-electron chi connectivity index (χ0n) is 24.4. The Morgan fingerprint density at radius 2 is 1.70 bits per heavy atom. The number of fused-ring (bicyclic) bond motifs is 1. The fourth-order valence-electron chi connectivity index (χ4n) is 5.06. The summed E-state index contributed by atoms with van der Waals surface area (Å²) >= 11 is 5.84. The van der Waals surface area contributed by atoms with Gasteiger partial charge in [0.15, 0.2) is 5.83 Å². The maximum Gasteiger partial charge on any atom is 0.419 e. The number of halogens is 5. The van der Waals surface area contributed by atoms with Gasteiger partial charge in [-0.15, -0.1) is 0 Å². The number of hydrogen-bond acceptors (Lipinski definition) is 9. The second kappa shape index (κ2) is 15.2. The number of aromatic nitrogens is 3. The molecule has 2 fully saturated rings. The van der Waals surface area contributed by atoms with E-state index in [-0.39, 0.29) is 37.9 Å². The molecule has 5 heterocycles. The molecule has 0 aromatic carbocycles. The molecule has 0 bridgehead atoms.